The van der Waals surface area contributed by atoms with Gasteiger partial charge in [0.25, 0.3) is 0 Å². The van der Waals surface area contributed by atoms with Crippen molar-refractivity contribution in [3.05, 3.63) is 0 Å². The first-order chi connectivity index (χ1) is 8.62. The fourth-order valence-corrected chi connectivity index (χ4v) is 1.19. The highest BCUT2D eigenvalue weighted by Gasteiger charge is 2.32. The molecular weight excluding hydrogens is 258 g/mol. The molecule has 112 valence electrons. The predicted molar refractivity (Wildman–Crippen MR) is 64.3 cm³/mol. The van der Waals surface area contributed by atoms with Gasteiger partial charge in [-0.25, -0.2) is 4.79 Å². The van der Waals surface area contributed by atoms with E-state index in [0.29, 0.717) is 0 Å². The van der Waals surface area contributed by atoms with Crippen LogP contribution in [-0.4, -0.2) is 69.4 Å². The zero-order valence-corrected chi connectivity index (χ0v) is 11.1. The summed E-state index contributed by atoms with van der Waals surface area (Å²) < 4.78 is 4.87. The Balaban J connectivity index is 4.58. The number of rotatable bonds is 6. The summed E-state index contributed by atoms with van der Waals surface area (Å²) in [7, 11) is 0. The number of carbonyl (C=O) groups excluding carboxylic acids is 2. The third-order valence-electron chi connectivity index (χ3n) is 2.13. The van der Waals surface area contributed by atoms with Crippen LogP contribution >= 0.6 is 0 Å². The third kappa shape index (κ3) is 6.48. The second-order valence-corrected chi connectivity index (χ2v) is 5.04. The highest BCUT2D eigenvalue weighted by Crippen LogP contribution is 2.08. The Morgan fingerprint density at radius 2 is 1.79 bits per heavy atom. The van der Waals surface area contributed by atoms with E-state index in [2.05, 4.69) is 5.32 Å². The molecule has 0 saturated carbocycles. The Kier molecular flexibility index (Phi) is 6.91. The zero-order valence-electron chi connectivity index (χ0n) is 11.1. The lowest BCUT2D eigenvalue weighted by atomic mass is 10.0. The fraction of sp³-hybridized carbons (Fsp3) is 0.818. The molecule has 0 fully saturated rings. The quantitative estimate of drug-likeness (QED) is 0.360. The first-order valence-corrected chi connectivity index (χ1v) is 5.72. The number of ether oxygens (including phenoxy) is 1. The highest BCUT2D eigenvalue weighted by molar-refractivity contribution is 5.73. The molecule has 19 heavy (non-hydrogen) atoms. The summed E-state index contributed by atoms with van der Waals surface area (Å²) in [6, 6.07) is -1.47. The average Bonchev–Trinajstić information content (AvgIpc) is 2.30. The van der Waals surface area contributed by atoms with Crippen LogP contribution in [0.3, 0.4) is 0 Å². The molecule has 0 radical (unpaired) electrons. The molecule has 0 spiro atoms. The SMILES string of the molecule is CC(C)(C)OC(=O)N[C@@H](C=O)[C@@H](O)[C@@H](O)[C@H](O)CO. The van der Waals surface area contributed by atoms with Crippen molar-refractivity contribution in [1.29, 1.82) is 0 Å². The van der Waals surface area contributed by atoms with Crippen molar-refractivity contribution < 1.29 is 34.8 Å². The molecule has 0 aromatic rings. The molecule has 0 bridgehead atoms. The van der Waals surface area contributed by atoms with Gasteiger partial charge in [-0.1, -0.05) is 0 Å². The monoisotopic (exact) mass is 279 g/mol. The summed E-state index contributed by atoms with van der Waals surface area (Å²) in [5.74, 6) is 0. The van der Waals surface area contributed by atoms with Crippen molar-refractivity contribution in [2.45, 2.75) is 50.7 Å². The lowest BCUT2D eigenvalue weighted by Crippen LogP contribution is -2.54. The molecule has 1 amide bonds. The zero-order chi connectivity index (χ0) is 15.2. The second-order valence-electron chi connectivity index (χ2n) is 5.04. The largest absolute Gasteiger partial charge is 0.444 e. The average molecular weight is 279 g/mol. The van der Waals surface area contributed by atoms with Crippen molar-refractivity contribution in [2.24, 2.45) is 0 Å². The number of nitrogens with one attached hydrogen (secondary N) is 1. The van der Waals surface area contributed by atoms with Crippen LogP contribution in [0.4, 0.5) is 4.79 Å². The van der Waals surface area contributed by atoms with Gasteiger partial charge in [-0.05, 0) is 20.8 Å². The van der Waals surface area contributed by atoms with E-state index in [1.54, 1.807) is 20.8 Å². The first-order valence-electron chi connectivity index (χ1n) is 5.72. The number of hydrogen-bond donors (Lipinski definition) is 5. The Hall–Kier alpha value is -1.22. The molecule has 0 aliphatic carbocycles. The molecule has 4 atom stereocenters. The van der Waals surface area contributed by atoms with Crippen LogP contribution in [-0.2, 0) is 9.53 Å². The van der Waals surface area contributed by atoms with Crippen LogP contribution in [0.5, 0.6) is 0 Å². The van der Waals surface area contributed by atoms with E-state index in [4.69, 9.17) is 14.9 Å². The number of amides is 1. The minimum atomic E-state index is -1.78. The number of hydrogen-bond acceptors (Lipinski definition) is 7. The van der Waals surface area contributed by atoms with Crippen LogP contribution < -0.4 is 5.32 Å². The van der Waals surface area contributed by atoms with Gasteiger partial charge >= 0.3 is 6.09 Å². The summed E-state index contributed by atoms with van der Waals surface area (Å²) in [4.78, 5) is 22.2. The molecule has 8 nitrogen and oxygen atoms in total. The number of aliphatic hydroxyl groups excluding tert-OH is 4. The normalized spacial score (nSPS) is 18.1. The first kappa shape index (κ1) is 17.8. The fourth-order valence-electron chi connectivity index (χ4n) is 1.19. The van der Waals surface area contributed by atoms with Crippen molar-refractivity contribution in [3.63, 3.8) is 0 Å². The minimum absolute atomic E-state index is 0.196. The molecule has 8 heteroatoms. The van der Waals surface area contributed by atoms with E-state index in [1.807, 2.05) is 0 Å². The Morgan fingerprint density at radius 1 is 1.26 bits per heavy atom. The van der Waals surface area contributed by atoms with Crippen LogP contribution in [0.15, 0.2) is 0 Å². The highest BCUT2D eigenvalue weighted by atomic mass is 16.6. The van der Waals surface area contributed by atoms with Crippen LogP contribution in [0.2, 0.25) is 0 Å². The number of aliphatic hydroxyl groups is 4. The Morgan fingerprint density at radius 3 is 2.16 bits per heavy atom. The summed E-state index contributed by atoms with van der Waals surface area (Å²) >= 11 is 0. The molecule has 0 aliphatic heterocycles. The summed E-state index contributed by atoms with van der Waals surface area (Å²) in [5.41, 5.74) is -0.786. The maximum absolute atomic E-state index is 11.4. The molecule has 0 unspecified atom stereocenters. The summed E-state index contributed by atoms with van der Waals surface area (Å²) in [5, 5.41) is 38.8. The smallest absolute Gasteiger partial charge is 0.408 e. The molecule has 0 rings (SSSR count). The summed E-state index contributed by atoms with van der Waals surface area (Å²) in [6.45, 7) is 4.05. The molecular formula is C11H21NO7. The molecule has 0 aliphatic rings. The van der Waals surface area contributed by atoms with E-state index in [9.17, 15) is 19.8 Å². The third-order valence-corrected chi connectivity index (χ3v) is 2.13. The topological polar surface area (TPSA) is 136 Å². The van der Waals surface area contributed by atoms with Crippen molar-refractivity contribution in [2.75, 3.05) is 6.61 Å². The van der Waals surface area contributed by atoms with E-state index >= 15 is 0 Å². The second kappa shape index (κ2) is 7.39. The van der Waals surface area contributed by atoms with Gasteiger partial charge in [0.05, 0.1) is 6.61 Å². The Labute approximate surface area is 111 Å². The number of alkyl carbamates (subject to hydrolysis) is 1. The van der Waals surface area contributed by atoms with Gasteiger partial charge in [0.2, 0.25) is 0 Å². The van der Waals surface area contributed by atoms with Gasteiger partial charge in [-0.2, -0.15) is 0 Å². The Bertz CT molecular complexity index is 302. The molecule has 0 aromatic carbocycles. The van der Waals surface area contributed by atoms with Crippen molar-refractivity contribution in [1.82, 2.24) is 5.32 Å². The summed E-state index contributed by atoms with van der Waals surface area (Å²) in [6.07, 6.45) is -5.93. The van der Waals surface area contributed by atoms with Gasteiger partial charge in [0, 0.05) is 0 Å². The minimum Gasteiger partial charge on any atom is -0.444 e. The molecule has 0 heterocycles. The molecule has 5 N–H and O–H groups in total. The van der Waals surface area contributed by atoms with E-state index in [1.165, 1.54) is 0 Å². The van der Waals surface area contributed by atoms with Crippen molar-refractivity contribution >= 4 is 12.4 Å². The maximum atomic E-state index is 11.4. The lowest BCUT2D eigenvalue weighted by Gasteiger charge is -2.27. The van der Waals surface area contributed by atoms with E-state index < -0.39 is 42.7 Å². The van der Waals surface area contributed by atoms with Gasteiger partial charge in [-0.15, -0.1) is 0 Å². The van der Waals surface area contributed by atoms with Crippen LogP contribution in [0.25, 0.3) is 0 Å². The number of carbonyl (C=O) groups is 2. The molecule has 0 saturated heterocycles. The van der Waals surface area contributed by atoms with E-state index in [-0.39, 0.29) is 6.29 Å². The lowest BCUT2D eigenvalue weighted by molar-refractivity contribution is -0.120. The van der Waals surface area contributed by atoms with Gasteiger partial charge in [-0.3, -0.25) is 0 Å². The van der Waals surface area contributed by atoms with Gasteiger partial charge < -0.3 is 35.3 Å². The van der Waals surface area contributed by atoms with Gasteiger partial charge in [0.15, 0.2) is 0 Å². The standard InChI is InChI=1S/C11H21NO7/c1-11(2,3)19-10(18)12-6(4-13)8(16)9(17)7(15)5-14/h4,6-9,14-17H,5H2,1-3H3,(H,12,18)/t6-,7+,8+,9-/m0/s1. The van der Waals surface area contributed by atoms with Gasteiger partial charge in [0.1, 0.15) is 36.2 Å². The maximum Gasteiger partial charge on any atom is 0.408 e. The predicted octanol–water partition coefficient (Wildman–Crippen LogP) is -1.85. The van der Waals surface area contributed by atoms with Crippen LogP contribution in [0.1, 0.15) is 20.8 Å². The van der Waals surface area contributed by atoms with E-state index in [0.717, 1.165) is 0 Å². The number of aldehydes is 1. The van der Waals surface area contributed by atoms with Crippen LogP contribution in [0, 0.1) is 0 Å². The molecule has 0 aromatic heterocycles. The van der Waals surface area contributed by atoms with Crippen molar-refractivity contribution in [3.8, 4) is 0 Å².